The van der Waals surface area contributed by atoms with Crippen molar-refractivity contribution in [1.82, 2.24) is 0 Å². The van der Waals surface area contributed by atoms with Gasteiger partial charge in [0, 0.05) is 23.4 Å². The van der Waals surface area contributed by atoms with E-state index in [1.807, 2.05) is 22.6 Å². The van der Waals surface area contributed by atoms with Crippen LogP contribution in [0.25, 0.3) is 0 Å². The SMILES string of the molecule is CN(C)c1ccc(C(=O)OC(CS(=O)(=O)O)C(F)(F)F)cc1I. The number of rotatable bonds is 5. The van der Waals surface area contributed by atoms with Crippen LogP contribution < -0.4 is 4.90 Å². The molecule has 130 valence electrons. The minimum Gasteiger partial charge on any atom is -0.448 e. The molecule has 1 rings (SSSR count). The Morgan fingerprint density at radius 2 is 1.96 bits per heavy atom. The van der Waals surface area contributed by atoms with Crippen LogP contribution >= 0.6 is 22.6 Å². The molecule has 0 fully saturated rings. The molecule has 23 heavy (non-hydrogen) atoms. The van der Waals surface area contributed by atoms with Crippen LogP contribution in [0.15, 0.2) is 18.2 Å². The first-order valence-electron chi connectivity index (χ1n) is 6.01. The second kappa shape index (κ2) is 7.21. The molecule has 6 nitrogen and oxygen atoms in total. The van der Waals surface area contributed by atoms with E-state index >= 15 is 0 Å². The van der Waals surface area contributed by atoms with E-state index in [1.165, 1.54) is 18.2 Å². The van der Waals surface area contributed by atoms with E-state index in [0.29, 0.717) is 3.57 Å². The fourth-order valence-electron chi connectivity index (χ4n) is 1.58. The molecular weight excluding hydrogens is 454 g/mol. The summed E-state index contributed by atoms with van der Waals surface area (Å²) in [5, 5.41) is 0. The van der Waals surface area contributed by atoms with Gasteiger partial charge in [0.05, 0.1) is 5.56 Å². The molecular formula is C12H13F3INO5S. The molecule has 1 aromatic carbocycles. The molecule has 0 aromatic heterocycles. The minimum absolute atomic E-state index is 0.162. The first-order valence-corrected chi connectivity index (χ1v) is 8.70. The number of hydrogen-bond donors (Lipinski definition) is 1. The fourth-order valence-corrected chi connectivity index (χ4v) is 3.22. The highest BCUT2D eigenvalue weighted by molar-refractivity contribution is 14.1. The molecule has 0 amide bonds. The third-order valence-electron chi connectivity index (χ3n) is 2.64. The van der Waals surface area contributed by atoms with Crippen molar-refractivity contribution in [1.29, 1.82) is 0 Å². The van der Waals surface area contributed by atoms with Crippen LogP contribution in [-0.2, 0) is 14.9 Å². The molecule has 0 saturated carbocycles. The topological polar surface area (TPSA) is 83.9 Å². The molecule has 0 saturated heterocycles. The molecule has 11 heteroatoms. The third kappa shape index (κ3) is 6.14. The van der Waals surface area contributed by atoms with Gasteiger partial charge in [-0.1, -0.05) is 0 Å². The van der Waals surface area contributed by atoms with E-state index in [2.05, 4.69) is 4.74 Å². The summed E-state index contributed by atoms with van der Waals surface area (Å²) >= 11 is 1.90. The fraction of sp³-hybridized carbons (Fsp3) is 0.417. The van der Waals surface area contributed by atoms with Crippen molar-refractivity contribution < 1.29 is 35.7 Å². The lowest BCUT2D eigenvalue weighted by molar-refractivity contribution is -0.197. The maximum Gasteiger partial charge on any atom is 0.426 e. The summed E-state index contributed by atoms with van der Waals surface area (Å²) in [4.78, 5) is 13.5. The van der Waals surface area contributed by atoms with Crippen molar-refractivity contribution in [2.45, 2.75) is 12.3 Å². The van der Waals surface area contributed by atoms with E-state index in [1.54, 1.807) is 19.0 Å². The first kappa shape index (κ1) is 20.0. The van der Waals surface area contributed by atoms with E-state index < -0.39 is 34.1 Å². The summed E-state index contributed by atoms with van der Waals surface area (Å²) in [5.41, 5.74) is 0.581. The number of hydrogen-bond acceptors (Lipinski definition) is 5. The Balaban J connectivity index is 3.02. The van der Waals surface area contributed by atoms with Crippen molar-refractivity contribution in [2.24, 2.45) is 0 Å². The van der Waals surface area contributed by atoms with Gasteiger partial charge >= 0.3 is 12.1 Å². The maximum atomic E-state index is 12.7. The standard InChI is InChI=1S/C12H13F3INO5S/c1-17(2)9-4-3-7(5-8(9)16)11(18)22-10(12(13,14)15)6-23(19,20)21/h3-5,10H,6H2,1-2H3,(H,19,20,21). The molecule has 0 radical (unpaired) electrons. The zero-order valence-electron chi connectivity index (χ0n) is 12.0. The second-order valence-electron chi connectivity index (χ2n) is 4.74. The Morgan fingerprint density at radius 3 is 2.35 bits per heavy atom. The zero-order chi connectivity index (χ0) is 18.0. The van der Waals surface area contributed by atoms with E-state index in [0.717, 1.165) is 5.69 Å². The number of anilines is 1. The average molecular weight is 467 g/mol. The van der Waals surface area contributed by atoms with Crippen molar-refractivity contribution in [2.75, 3.05) is 24.7 Å². The van der Waals surface area contributed by atoms with E-state index in [4.69, 9.17) is 4.55 Å². The number of alkyl halides is 3. The molecule has 1 atom stereocenters. The summed E-state index contributed by atoms with van der Waals surface area (Å²) in [6, 6.07) is 4.10. The quantitative estimate of drug-likeness (QED) is 0.407. The molecule has 1 aromatic rings. The number of nitrogens with zero attached hydrogens (tertiary/aromatic N) is 1. The van der Waals surface area contributed by atoms with Crippen molar-refractivity contribution in [3.63, 3.8) is 0 Å². The van der Waals surface area contributed by atoms with Crippen LogP contribution in [-0.4, -0.2) is 51.1 Å². The number of esters is 1. The largest absolute Gasteiger partial charge is 0.448 e. The Hall–Kier alpha value is -1.08. The molecule has 1 N–H and O–H groups in total. The lowest BCUT2D eigenvalue weighted by Crippen LogP contribution is -2.39. The number of benzene rings is 1. The van der Waals surface area contributed by atoms with Crippen LogP contribution in [0, 0.1) is 3.57 Å². The molecule has 0 aliphatic rings. The van der Waals surface area contributed by atoms with Crippen molar-refractivity contribution >= 4 is 44.4 Å². The molecule has 1 unspecified atom stereocenters. The smallest absolute Gasteiger partial charge is 0.426 e. The summed E-state index contributed by atoms with van der Waals surface area (Å²) in [7, 11) is -1.46. The van der Waals surface area contributed by atoms with Crippen LogP contribution in [0.5, 0.6) is 0 Å². The van der Waals surface area contributed by atoms with Crippen molar-refractivity contribution in [3.8, 4) is 0 Å². The molecule has 0 aliphatic carbocycles. The zero-order valence-corrected chi connectivity index (χ0v) is 14.9. The van der Waals surface area contributed by atoms with Gasteiger partial charge in [0.1, 0.15) is 5.75 Å². The van der Waals surface area contributed by atoms with Crippen LogP contribution in [0.1, 0.15) is 10.4 Å². The van der Waals surface area contributed by atoms with Gasteiger partial charge < -0.3 is 9.64 Å². The predicted molar refractivity (Wildman–Crippen MR) is 85.2 cm³/mol. The second-order valence-corrected chi connectivity index (χ2v) is 7.40. The minimum atomic E-state index is -5.12. The van der Waals surface area contributed by atoms with Gasteiger partial charge in [-0.15, -0.1) is 0 Å². The Kier molecular flexibility index (Phi) is 6.26. The molecule has 0 spiro atoms. The third-order valence-corrected chi connectivity index (χ3v) is 4.23. The first-order chi connectivity index (χ1) is 10.3. The number of halogens is 4. The van der Waals surface area contributed by atoms with Gasteiger partial charge in [-0.2, -0.15) is 21.6 Å². The lowest BCUT2D eigenvalue weighted by Gasteiger charge is -2.20. The van der Waals surface area contributed by atoms with Gasteiger partial charge in [0.2, 0.25) is 6.10 Å². The van der Waals surface area contributed by atoms with Crippen molar-refractivity contribution in [3.05, 3.63) is 27.3 Å². The van der Waals surface area contributed by atoms with E-state index in [-0.39, 0.29) is 5.56 Å². The van der Waals surface area contributed by atoms with Crippen LogP contribution in [0.3, 0.4) is 0 Å². The van der Waals surface area contributed by atoms with E-state index in [9.17, 15) is 26.4 Å². The molecule has 0 aliphatic heterocycles. The number of carbonyl (C=O) groups is 1. The van der Waals surface area contributed by atoms with Gasteiger partial charge in [-0.25, -0.2) is 4.79 Å². The Labute approximate surface area is 144 Å². The molecule has 0 heterocycles. The lowest BCUT2D eigenvalue weighted by atomic mass is 10.2. The Bertz CT molecular complexity index is 690. The predicted octanol–water partition coefficient (Wildman–Crippen LogP) is 2.33. The van der Waals surface area contributed by atoms with Gasteiger partial charge in [0.15, 0.2) is 0 Å². The summed E-state index contributed by atoms with van der Waals surface area (Å²) in [6.07, 6.45) is -8.07. The summed E-state index contributed by atoms with van der Waals surface area (Å²) in [5.74, 6) is -3.09. The Morgan fingerprint density at radius 1 is 1.39 bits per heavy atom. The highest BCUT2D eigenvalue weighted by atomic mass is 127. The summed E-state index contributed by atoms with van der Waals surface area (Å²) < 4.78 is 72.8. The normalized spacial score (nSPS) is 13.5. The number of ether oxygens (including phenoxy) is 1. The van der Waals surface area contributed by atoms with Gasteiger partial charge in [-0.3, -0.25) is 4.55 Å². The average Bonchev–Trinajstić information content (AvgIpc) is 2.34. The highest BCUT2D eigenvalue weighted by Gasteiger charge is 2.45. The van der Waals surface area contributed by atoms with Crippen LogP contribution in [0.4, 0.5) is 18.9 Å². The highest BCUT2D eigenvalue weighted by Crippen LogP contribution is 2.26. The number of carbonyl (C=O) groups excluding carboxylic acids is 1. The monoisotopic (exact) mass is 467 g/mol. The maximum absolute atomic E-state index is 12.7. The van der Waals surface area contributed by atoms with Gasteiger partial charge in [0.25, 0.3) is 10.1 Å². The summed E-state index contributed by atoms with van der Waals surface area (Å²) in [6.45, 7) is 0. The van der Waals surface area contributed by atoms with Crippen LogP contribution in [0.2, 0.25) is 0 Å². The molecule has 0 bridgehead atoms. The van der Waals surface area contributed by atoms with Gasteiger partial charge in [-0.05, 0) is 40.8 Å².